The minimum Gasteiger partial charge on any atom is -0.455 e. The molecule has 0 atom stereocenters. The molecular formula is C26H23ClN4O2S. The van der Waals surface area contributed by atoms with Gasteiger partial charge in [-0.15, -0.1) is 10.2 Å². The van der Waals surface area contributed by atoms with Crippen molar-refractivity contribution >= 4 is 35.0 Å². The van der Waals surface area contributed by atoms with Gasteiger partial charge in [-0.25, -0.2) is 0 Å². The molecule has 1 fully saturated rings. The van der Waals surface area contributed by atoms with Crippen LogP contribution in [-0.4, -0.2) is 47.2 Å². The van der Waals surface area contributed by atoms with Crippen molar-refractivity contribution in [2.45, 2.75) is 10.8 Å². The second kappa shape index (κ2) is 10.3. The number of aromatic nitrogens is 2. The maximum atomic E-state index is 12.9. The number of hydrogen-bond acceptors (Lipinski definition) is 6. The zero-order chi connectivity index (χ0) is 23.3. The minimum absolute atomic E-state index is 0.0750. The Hall–Kier alpha value is -3.29. The minimum atomic E-state index is -0.0750. The zero-order valence-electron chi connectivity index (χ0n) is 18.4. The SMILES string of the molecule is O=C(c1ccc(CSc2ccc(-c3ccccc3)nn2)o1)N1CCN(c2cccc(Cl)c2)CC1. The van der Waals surface area contributed by atoms with Crippen LogP contribution >= 0.6 is 23.4 Å². The van der Waals surface area contributed by atoms with Gasteiger partial charge in [0, 0.05) is 42.5 Å². The van der Waals surface area contributed by atoms with E-state index >= 15 is 0 Å². The lowest BCUT2D eigenvalue weighted by Gasteiger charge is -2.35. The highest BCUT2D eigenvalue weighted by molar-refractivity contribution is 7.98. The summed E-state index contributed by atoms with van der Waals surface area (Å²) in [4.78, 5) is 17.0. The molecule has 0 radical (unpaired) electrons. The molecule has 0 N–H and O–H groups in total. The van der Waals surface area contributed by atoms with E-state index in [0.29, 0.717) is 24.6 Å². The van der Waals surface area contributed by atoms with Crippen LogP contribution in [0.5, 0.6) is 0 Å². The van der Waals surface area contributed by atoms with E-state index in [9.17, 15) is 4.79 Å². The fourth-order valence-corrected chi connectivity index (χ4v) is 4.76. The van der Waals surface area contributed by atoms with E-state index in [2.05, 4.69) is 15.1 Å². The van der Waals surface area contributed by atoms with Crippen molar-refractivity contribution in [1.82, 2.24) is 15.1 Å². The molecule has 0 bridgehead atoms. The van der Waals surface area contributed by atoms with Gasteiger partial charge in [-0.3, -0.25) is 4.79 Å². The Balaban J connectivity index is 1.14. The number of rotatable bonds is 6. The number of hydrogen-bond donors (Lipinski definition) is 0. The third-order valence-corrected chi connectivity index (χ3v) is 6.86. The van der Waals surface area contributed by atoms with Crippen LogP contribution in [0.25, 0.3) is 11.3 Å². The Kier molecular flexibility index (Phi) is 6.83. The molecule has 8 heteroatoms. The quantitative estimate of drug-likeness (QED) is 0.326. The topological polar surface area (TPSA) is 62.5 Å². The molecule has 2 aromatic heterocycles. The zero-order valence-corrected chi connectivity index (χ0v) is 20.0. The first kappa shape index (κ1) is 22.5. The van der Waals surface area contributed by atoms with Crippen molar-refractivity contribution in [1.29, 1.82) is 0 Å². The first-order chi connectivity index (χ1) is 16.7. The highest BCUT2D eigenvalue weighted by Crippen LogP contribution is 2.25. The summed E-state index contributed by atoms with van der Waals surface area (Å²) in [6, 6.07) is 25.3. The molecule has 0 aliphatic carbocycles. The van der Waals surface area contributed by atoms with Crippen molar-refractivity contribution in [3.8, 4) is 11.3 Å². The van der Waals surface area contributed by atoms with Crippen molar-refractivity contribution in [2.75, 3.05) is 31.1 Å². The number of amides is 1. The number of piperazine rings is 1. The fraction of sp³-hybridized carbons (Fsp3) is 0.192. The molecule has 3 heterocycles. The molecule has 5 rings (SSSR count). The fourth-order valence-electron chi connectivity index (χ4n) is 3.87. The van der Waals surface area contributed by atoms with Gasteiger partial charge in [0.2, 0.25) is 0 Å². The Morgan fingerprint density at radius 2 is 1.74 bits per heavy atom. The molecule has 34 heavy (non-hydrogen) atoms. The number of nitrogens with zero attached hydrogens (tertiary/aromatic N) is 4. The lowest BCUT2D eigenvalue weighted by molar-refractivity contribution is 0.0713. The van der Waals surface area contributed by atoms with Gasteiger partial charge in [-0.05, 0) is 42.5 Å². The van der Waals surface area contributed by atoms with E-state index in [1.165, 1.54) is 11.8 Å². The number of anilines is 1. The van der Waals surface area contributed by atoms with Gasteiger partial charge in [-0.1, -0.05) is 59.8 Å². The predicted octanol–water partition coefficient (Wildman–Crippen LogP) is 5.64. The Labute approximate surface area is 207 Å². The molecule has 2 aromatic carbocycles. The van der Waals surface area contributed by atoms with Crippen LogP contribution in [-0.2, 0) is 5.75 Å². The molecule has 1 saturated heterocycles. The van der Waals surface area contributed by atoms with Crippen molar-refractivity contribution in [3.05, 3.63) is 95.4 Å². The third kappa shape index (κ3) is 5.26. The number of furan rings is 1. The molecule has 1 amide bonds. The number of benzene rings is 2. The van der Waals surface area contributed by atoms with Crippen LogP contribution in [0.3, 0.4) is 0 Å². The molecular weight excluding hydrogens is 468 g/mol. The maximum absolute atomic E-state index is 12.9. The van der Waals surface area contributed by atoms with Gasteiger partial charge in [0.25, 0.3) is 5.91 Å². The molecule has 1 aliphatic heterocycles. The van der Waals surface area contributed by atoms with Crippen LogP contribution in [0.4, 0.5) is 5.69 Å². The van der Waals surface area contributed by atoms with Crippen molar-refractivity contribution in [3.63, 3.8) is 0 Å². The van der Waals surface area contributed by atoms with Gasteiger partial charge in [0.05, 0.1) is 11.4 Å². The first-order valence-electron chi connectivity index (χ1n) is 11.1. The lowest BCUT2D eigenvalue weighted by Crippen LogP contribution is -2.48. The summed E-state index contributed by atoms with van der Waals surface area (Å²) in [5.41, 5.74) is 2.96. The van der Waals surface area contributed by atoms with Gasteiger partial charge in [0.1, 0.15) is 10.8 Å². The molecule has 1 aliphatic rings. The predicted molar refractivity (Wildman–Crippen MR) is 135 cm³/mol. The first-order valence-corrected chi connectivity index (χ1v) is 12.4. The molecule has 172 valence electrons. The lowest BCUT2D eigenvalue weighted by atomic mass is 10.1. The second-order valence-corrected chi connectivity index (χ2v) is 9.37. The van der Waals surface area contributed by atoms with Crippen molar-refractivity contribution < 1.29 is 9.21 Å². The number of thioether (sulfide) groups is 1. The summed E-state index contributed by atoms with van der Waals surface area (Å²) >= 11 is 7.64. The summed E-state index contributed by atoms with van der Waals surface area (Å²) in [6.07, 6.45) is 0. The van der Waals surface area contributed by atoms with Gasteiger partial charge >= 0.3 is 0 Å². The van der Waals surface area contributed by atoms with Crippen LogP contribution in [0.15, 0.2) is 88.3 Å². The van der Waals surface area contributed by atoms with E-state index < -0.39 is 0 Å². The number of carbonyl (C=O) groups excluding carboxylic acids is 1. The van der Waals surface area contributed by atoms with E-state index in [1.54, 1.807) is 6.07 Å². The standard InChI is InChI=1S/C26H23ClN4O2S/c27-20-7-4-8-21(17-20)30-13-15-31(16-14-30)26(32)24-11-9-22(33-24)18-34-25-12-10-23(28-29-25)19-5-2-1-3-6-19/h1-12,17H,13-16,18H2. The van der Waals surface area contributed by atoms with Crippen LogP contribution in [0.2, 0.25) is 5.02 Å². The smallest absolute Gasteiger partial charge is 0.289 e. The molecule has 6 nitrogen and oxygen atoms in total. The van der Waals surface area contributed by atoms with Crippen LogP contribution in [0.1, 0.15) is 16.3 Å². The average molecular weight is 491 g/mol. The van der Waals surface area contributed by atoms with Gasteiger partial charge in [0.15, 0.2) is 5.76 Å². The Morgan fingerprint density at radius 3 is 2.47 bits per heavy atom. The van der Waals surface area contributed by atoms with Crippen LogP contribution < -0.4 is 4.90 Å². The van der Waals surface area contributed by atoms with E-state index in [4.69, 9.17) is 16.0 Å². The summed E-state index contributed by atoms with van der Waals surface area (Å²) in [5, 5.41) is 10.1. The third-order valence-electron chi connectivity index (χ3n) is 5.68. The van der Waals surface area contributed by atoms with Crippen molar-refractivity contribution in [2.24, 2.45) is 0 Å². The Morgan fingerprint density at radius 1 is 0.912 bits per heavy atom. The Bertz CT molecular complexity index is 1260. The van der Waals surface area contributed by atoms with E-state index in [0.717, 1.165) is 45.8 Å². The summed E-state index contributed by atoms with van der Waals surface area (Å²) in [6.45, 7) is 2.79. The molecule has 4 aromatic rings. The molecule has 0 unspecified atom stereocenters. The highest BCUT2D eigenvalue weighted by atomic mass is 35.5. The average Bonchev–Trinajstić information content (AvgIpc) is 3.37. The van der Waals surface area contributed by atoms with Crippen LogP contribution in [0, 0.1) is 0 Å². The molecule has 0 saturated carbocycles. The normalized spacial score (nSPS) is 13.8. The monoisotopic (exact) mass is 490 g/mol. The largest absolute Gasteiger partial charge is 0.455 e. The highest BCUT2D eigenvalue weighted by Gasteiger charge is 2.24. The molecule has 0 spiro atoms. The second-order valence-electron chi connectivity index (χ2n) is 7.94. The van der Waals surface area contributed by atoms with Gasteiger partial charge in [-0.2, -0.15) is 0 Å². The summed E-state index contributed by atoms with van der Waals surface area (Å²) in [7, 11) is 0. The number of halogens is 1. The van der Waals surface area contributed by atoms with E-state index in [-0.39, 0.29) is 5.91 Å². The summed E-state index contributed by atoms with van der Waals surface area (Å²) in [5.74, 6) is 1.61. The number of carbonyl (C=O) groups is 1. The van der Waals surface area contributed by atoms with Gasteiger partial charge < -0.3 is 14.2 Å². The maximum Gasteiger partial charge on any atom is 0.289 e. The summed E-state index contributed by atoms with van der Waals surface area (Å²) < 4.78 is 5.85. The van der Waals surface area contributed by atoms with E-state index in [1.807, 2.05) is 77.7 Å².